The third-order valence-corrected chi connectivity index (χ3v) is 33.3. The lowest BCUT2D eigenvalue weighted by Crippen LogP contribution is -2.48. The normalized spacial score (nSPS) is 23.5. The van der Waals surface area contributed by atoms with Crippen LogP contribution in [0.15, 0.2) is 217 Å². The summed E-state index contributed by atoms with van der Waals surface area (Å²) >= 11 is 0. The van der Waals surface area contributed by atoms with Crippen LogP contribution in [0.2, 0.25) is 0 Å². The van der Waals surface area contributed by atoms with Crippen molar-refractivity contribution >= 4 is 23.1 Å². The third kappa shape index (κ3) is 19.0. The number of carbonyl (C=O) groups is 4. The van der Waals surface area contributed by atoms with Crippen molar-refractivity contribution in [2.75, 3.05) is 0 Å². The Balaban J connectivity index is 0.000000121. The summed E-state index contributed by atoms with van der Waals surface area (Å²) in [5.41, 5.74) is 16.0. The van der Waals surface area contributed by atoms with Gasteiger partial charge in [0, 0.05) is 172 Å². The van der Waals surface area contributed by atoms with Crippen LogP contribution in [0.1, 0.15) is 276 Å². The fourth-order valence-corrected chi connectivity index (χ4v) is 25.7. The quantitative estimate of drug-likeness (QED) is 0.0427. The first-order valence-corrected chi connectivity index (χ1v) is 53.4. The van der Waals surface area contributed by atoms with Crippen LogP contribution in [0.25, 0.3) is 110 Å². The monoisotopic (exact) mass is 2000 g/mol. The van der Waals surface area contributed by atoms with Crippen molar-refractivity contribution in [3.8, 4) is 90.6 Å². The number of aromatic nitrogens is 12. The average Bonchev–Trinajstić information content (AvgIpc) is 0.981. The van der Waals surface area contributed by atoms with Crippen LogP contribution in [0.5, 0.6) is 0 Å². The lowest BCUT2D eigenvalue weighted by Gasteiger charge is -2.49. The molecule has 25 heteroatoms. The molecule has 11 aliphatic carbocycles. The molecule has 0 spiro atoms. The van der Waals surface area contributed by atoms with E-state index in [0.29, 0.717) is 143 Å². The van der Waals surface area contributed by atoms with E-state index in [0.717, 1.165) is 194 Å². The molecular weight excluding hydrogens is 1880 g/mol. The van der Waals surface area contributed by atoms with Crippen molar-refractivity contribution in [2.24, 2.45) is 47.3 Å². The molecule has 0 aliphatic heterocycles. The van der Waals surface area contributed by atoms with Gasteiger partial charge in [-0.05, 0) is 255 Å². The second-order valence-electron chi connectivity index (χ2n) is 43.0. The molecule has 8 heterocycles. The van der Waals surface area contributed by atoms with Gasteiger partial charge < -0.3 is 19.2 Å². The van der Waals surface area contributed by atoms with Gasteiger partial charge in [-0.3, -0.25) is 19.9 Å². The summed E-state index contributed by atoms with van der Waals surface area (Å²) in [6.07, 6.45) is 35.4. The minimum atomic E-state index is -0.726. The minimum absolute atomic E-state index is 0.0288. The van der Waals surface area contributed by atoms with E-state index in [-0.39, 0.29) is 116 Å². The second-order valence-corrected chi connectivity index (χ2v) is 43.0. The number of fused-ring (bicyclic) bond motifs is 12. The highest BCUT2D eigenvalue weighted by Gasteiger charge is 2.57. The number of hydrogen-bond donors (Lipinski definition) is 0. The molecule has 3 fully saturated rings. The predicted octanol–water partition coefficient (Wildman–Crippen LogP) is 28.1. The average molecular weight is 2000 g/mol. The Labute approximate surface area is 872 Å². The predicted molar refractivity (Wildman–Crippen MR) is 566 cm³/mol. The molecule has 0 N–H and O–H groups in total. The highest BCUT2D eigenvalue weighted by Crippen LogP contribution is 2.61. The van der Waals surface area contributed by atoms with Crippen LogP contribution in [-0.2, 0) is 73.2 Å². The maximum Gasteiger partial charge on any atom is 0.226 e. The van der Waals surface area contributed by atoms with Gasteiger partial charge in [-0.2, -0.15) is 0 Å². The molecule has 0 radical (unpaired) electrons. The van der Waals surface area contributed by atoms with Gasteiger partial charge in [0.25, 0.3) is 0 Å². The van der Waals surface area contributed by atoms with Crippen LogP contribution in [0, 0.1) is 96.9 Å². The zero-order valence-corrected chi connectivity index (χ0v) is 85.9. The SMILES string of the molecule is [C-]#[N+]C1=C[C@@]2(CCC(C)C)c3nc(-c4ccnc(CF)c4)nc(-c4ccccc4F)c3CC[C@@H]2[C@@H](C)C1=O.[C-]#[N+]C1=C[C@@]2(CCC)c3nc(-c4ccnc(C5CC5)c4)nc(-c4ccccc4F)c3CC[C@@H]2CC1=O.[C-]#[N+]C1=C[C@@]2(CCC)c3nc(-c4ccnc(C5CC5)c4)nc(-c4ccccc4F)c3CC[C@@H]2[C@@H](C)C1=O.[C-]#[N+]C1=C[C@@]2(CCC)c3nc(-c4ccnc(C5CC5)c4)nc(-c4ccccc4F)c3CC[C@@H]2[C@@H](CCC)C1=O. The van der Waals surface area contributed by atoms with Crippen molar-refractivity contribution < 1.29 is 41.1 Å². The fourth-order valence-electron chi connectivity index (χ4n) is 25.7. The van der Waals surface area contributed by atoms with Crippen LogP contribution in [0.3, 0.4) is 0 Å². The van der Waals surface area contributed by atoms with Gasteiger partial charge in [-0.25, -0.2) is 81.2 Å². The van der Waals surface area contributed by atoms with Gasteiger partial charge in [0.15, 0.2) is 46.4 Å². The first kappa shape index (κ1) is 102. The van der Waals surface area contributed by atoms with Gasteiger partial charge in [-0.1, -0.05) is 154 Å². The van der Waals surface area contributed by atoms with Crippen LogP contribution < -0.4 is 0 Å². The van der Waals surface area contributed by atoms with Crippen LogP contribution >= 0.6 is 0 Å². The Morgan fingerprint density at radius 3 is 1.03 bits per heavy atom. The van der Waals surface area contributed by atoms with Crippen molar-refractivity contribution in [3.63, 3.8) is 0 Å². The molecule has 11 atom stereocenters. The highest BCUT2D eigenvalue weighted by molar-refractivity contribution is 6.03. The Morgan fingerprint density at radius 2 is 0.687 bits per heavy atom. The summed E-state index contributed by atoms with van der Waals surface area (Å²) in [5.74, 6) is 1.47. The largest absolute Gasteiger partial charge is 0.308 e. The molecule has 0 unspecified atom stereocenters. The van der Waals surface area contributed by atoms with Gasteiger partial charge in [0.1, 0.15) is 29.9 Å². The zero-order valence-electron chi connectivity index (χ0n) is 85.9. The molecule has 0 saturated heterocycles. The van der Waals surface area contributed by atoms with E-state index in [1.807, 2.05) is 80.7 Å². The minimum Gasteiger partial charge on any atom is -0.308 e. The summed E-state index contributed by atoms with van der Waals surface area (Å²) in [6, 6.07) is 42.1. The molecule has 0 amide bonds. The van der Waals surface area contributed by atoms with Crippen molar-refractivity contribution in [1.29, 1.82) is 0 Å². The van der Waals surface area contributed by atoms with Crippen LogP contribution in [0.4, 0.5) is 22.0 Å². The standard InChI is InChI=1S/C33H33FN4O.C31H30F2N4O.C31H29FN4O.C30H27FN4O/c1-4-8-22-25-14-13-24-29(23-9-6-7-10-26(23)34)37-32(21-15-17-36-27(18-21)20-11-12-20)38-31(24)33(25,16-5-2)19-28(35-3)30(22)39;1-18(2)11-13-31-16-26(34-4)28(38)19(3)24(31)10-9-23-27(22-7-5-6-8-25(22)33)36-30(37-29(23)31)20-12-14-35-21(15-20)17-32;1-4-14-31-17-26(33-3)28(37)18(2)23(31)12-11-22-27(21-7-5-6-8-24(21)32)35-30(36-29(22)31)20-13-15-34-25(16-20)19-9-10-19;1-3-13-30-17-25(32-2)26(36)16-20(30)10-11-22-27(21-6-4-5-7-23(21)31)34-29(35-28(22)30)19-12-14-33-24(15-19)18-8-9-18/h6-7,9-10,15,17-20,22,25H,4-5,8,11-14,16H2,1-2H3;5-8,12,14-16,18-19,24H,9-11,13,17H2,1-3H3;5-8,13,15-19,23H,4,9-12,14H2,1-2H3;4-7,12,14-15,17-18,20H,3,8-11,13,16H2,1H3/t22-,25-,33-;19-,24-,31-;18-,23-,31-;20-,30-/m1111/s1. The summed E-state index contributed by atoms with van der Waals surface area (Å²) in [7, 11) is 0. The zero-order chi connectivity index (χ0) is 105. The molecule has 23 rings (SSSR count). The Hall–Kier alpha value is -15.0. The number of hydrogen-bond acceptors (Lipinski definition) is 16. The number of Topliss-reactive ketones (excluding diaryl/α,β-unsaturated/α-hetero) is 4. The summed E-state index contributed by atoms with van der Waals surface area (Å²) < 4.78 is 74.3. The van der Waals surface area contributed by atoms with Crippen molar-refractivity contribution in [3.05, 3.63) is 354 Å². The lowest BCUT2D eigenvalue weighted by atomic mass is 9.55. The van der Waals surface area contributed by atoms with E-state index in [4.69, 9.17) is 66.2 Å². The van der Waals surface area contributed by atoms with E-state index in [1.165, 1.54) is 30.5 Å². The first-order valence-electron chi connectivity index (χ1n) is 53.4. The molecule has 11 aliphatic rings. The molecule has 20 nitrogen and oxygen atoms in total. The maximum absolute atomic E-state index is 15.3. The number of rotatable bonds is 23. The number of allylic oxidation sites excluding steroid dienone is 8. The van der Waals surface area contributed by atoms with E-state index >= 15 is 17.6 Å². The van der Waals surface area contributed by atoms with Crippen LogP contribution in [-0.4, -0.2) is 82.9 Å². The molecule has 0 bridgehead atoms. The second kappa shape index (κ2) is 42.6. The highest BCUT2D eigenvalue weighted by atomic mass is 19.1. The number of halogens is 5. The lowest BCUT2D eigenvalue weighted by molar-refractivity contribution is -0.123. The smallest absolute Gasteiger partial charge is 0.226 e. The summed E-state index contributed by atoms with van der Waals surface area (Å²) in [6.45, 7) is 46.9. The Kier molecular flexibility index (Phi) is 29.0. The van der Waals surface area contributed by atoms with Crippen molar-refractivity contribution in [2.45, 2.75) is 262 Å². The number of carbonyl (C=O) groups excluding carboxylic acids is 4. The molecular formula is C125H119F5N16O4. The number of pyridine rings is 4. The van der Waals surface area contributed by atoms with E-state index in [1.54, 1.807) is 79.1 Å². The Morgan fingerprint density at radius 1 is 0.367 bits per heavy atom. The van der Waals surface area contributed by atoms with Gasteiger partial charge in [0.2, 0.25) is 22.8 Å². The molecule has 12 aromatic rings. The summed E-state index contributed by atoms with van der Waals surface area (Å²) in [4.78, 5) is 125. The number of benzene rings is 4. The molecule has 3 saturated carbocycles. The molecule has 8 aromatic heterocycles. The van der Waals surface area contributed by atoms with Crippen molar-refractivity contribution in [1.82, 2.24) is 59.8 Å². The van der Waals surface area contributed by atoms with Gasteiger partial charge >= 0.3 is 0 Å². The molecule has 150 heavy (non-hydrogen) atoms. The number of ketones is 4. The van der Waals surface area contributed by atoms with Gasteiger partial charge in [0.05, 0.1) is 77.5 Å². The van der Waals surface area contributed by atoms with Gasteiger partial charge in [-0.15, -0.1) is 0 Å². The number of nitrogens with zero attached hydrogens (tertiary/aromatic N) is 16. The number of alkyl halides is 1. The Bertz CT molecular complexity index is 7720. The topological polar surface area (TPSA) is 240 Å². The van der Waals surface area contributed by atoms with E-state index in [2.05, 4.69) is 99.1 Å². The molecule has 758 valence electrons. The summed E-state index contributed by atoms with van der Waals surface area (Å²) in [5, 5.41) is 0. The van der Waals surface area contributed by atoms with E-state index < -0.39 is 28.3 Å². The maximum atomic E-state index is 15.3. The van der Waals surface area contributed by atoms with E-state index in [9.17, 15) is 23.6 Å². The fraction of sp³-hybridized carbons (Fsp3) is 0.392. The molecule has 4 aromatic carbocycles. The first-order chi connectivity index (χ1) is 72.8. The third-order valence-electron chi connectivity index (χ3n) is 33.3.